The second-order valence-electron chi connectivity index (χ2n) is 3.59. The highest BCUT2D eigenvalue weighted by molar-refractivity contribution is 6.32. The Kier molecular flexibility index (Phi) is 3.09. The molecule has 1 saturated carbocycles. The summed E-state index contributed by atoms with van der Waals surface area (Å²) in [6.07, 6.45) is 3.31. The number of rotatable bonds is 4. The Morgan fingerprint density at radius 2 is 2.38 bits per heavy atom. The minimum atomic E-state index is -0.429. The van der Waals surface area contributed by atoms with Crippen LogP contribution < -0.4 is 16.2 Å². The van der Waals surface area contributed by atoms with Crippen LogP contribution in [0.5, 0.6) is 0 Å². The van der Waals surface area contributed by atoms with Gasteiger partial charge in [-0.25, -0.2) is 4.98 Å². The maximum absolute atomic E-state index is 11.3. The number of carbonyl (C=O) groups excluding carboxylic acids is 1. The SMILES string of the molecule is O=C(CNc1nc[nH]c(=O)c1Cl)NC1CC1. The predicted octanol–water partition coefficient (Wildman–Crippen LogP) is 0.114. The van der Waals surface area contributed by atoms with E-state index in [1.165, 1.54) is 6.33 Å². The normalized spacial score (nSPS) is 14.6. The fourth-order valence-electron chi connectivity index (χ4n) is 1.18. The number of hydrogen-bond acceptors (Lipinski definition) is 4. The number of H-pyrrole nitrogens is 1. The van der Waals surface area contributed by atoms with Crippen molar-refractivity contribution in [1.29, 1.82) is 0 Å². The first kappa shape index (κ1) is 10.9. The topological polar surface area (TPSA) is 86.9 Å². The number of halogens is 1. The van der Waals surface area contributed by atoms with Crippen LogP contribution in [0.15, 0.2) is 11.1 Å². The number of anilines is 1. The summed E-state index contributed by atoms with van der Waals surface area (Å²) in [6, 6.07) is 0.317. The Bertz CT molecular complexity index is 455. The molecule has 0 unspecified atom stereocenters. The molecule has 1 aliphatic carbocycles. The lowest BCUT2D eigenvalue weighted by atomic mass is 10.5. The molecule has 1 amide bonds. The monoisotopic (exact) mass is 242 g/mol. The first-order chi connectivity index (χ1) is 7.66. The molecular weight excluding hydrogens is 232 g/mol. The predicted molar refractivity (Wildman–Crippen MR) is 59.5 cm³/mol. The van der Waals surface area contributed by atoms with E-state index in [1.807, 2.05) is 0 Å². The third kappa shape index (κ3) is 2.73. The van der Waals surface area contributed by atoms with Crippen LogP contribution in [0.1, 0.15) is 12.8 Å². The lowest BCUT2D eigenvalue weighted by Crippen LogP contribution is -2.31. The van der Waals surface area contributed by atoms with Gasteiger partial charge in [0.1, 0.15) is 5.02 Å². The van der Waals surface area contributed by atoms with E-state index >= 15 is 0 Å². The number of hydrogen-bond donors (Lipinski definition) is 3. The molecule has 0 radical (unpaired) electrons. The Morgan fingerprint density at radius 1 is 1.62 bits per heavy atom. The average Bonchev–Trinajstić information content (AvgIpc) is 3.04. The Labute approximate surface area is 96.4 Å². The Hall–Kier alpha value is -1.56. The molecule has 1 fully saturated rings. The fraction of sp³-hybridized carbons (Fsp3) is 0.444. The van der Waals surface area contributed by atoms with Gasteiger partial charge in [0, 0.05) is 6.04 Å². The summed E-state index contributed by atoms with van der Waals surface area (Å²) in [6.45, 7) is 0.0622. The van der Waals surface area contributed by atoms with Crippen molar-refractivity contribution < 1.29 is 4.79 Å². The van der Waals surface area contributed by atoms with Crippen LogP contribution in [-0.4, -0.2) is 28.5 Å². The molecule has 1 heterocycles. The third-order valence-electron chi connectivity index (χ3n) is 2.16. The van der Waals surface area contributed by atoms with Crippen molar-refractivity contribution >= 4 is 23.3 Å². The molecule has 0 spiro atoms. The van der Waals surface area contributed by atoms with Crippen molar-refractivity contribution in [2.75, 3.05) is 11.9 Å². The number of nitrogens with zero attached hydrogens (tertiary/aromatic N) is 1. The molecule has 1 aromatic heterocycles. The fourth-order valence-corrected chi connectivity index (χ4v) is 1.35. The minimum Gasteiger partial charge on any atom is -0.360 e. The van der Waals surface area contributed by atoms with E-state index in [9.17, 15) is 9.59 Å². The maximum Gasteiger partial charge on any atom is 0.271 e. The van der Waals surface area contributed by atoms with Crippen LogP contribution in [-0.2, 0) is 4.79 Å². The Morgan fingerprint density at radius 3 is 3.06 bits per heavy atom. The highest BCUT2D eigenvalue weighted by Crippen LogP contribution is 2.18. The molecule has 1 aliphatic rings. The minimum absolute atomic E-state index is 0.0401. The quantitative estimate of drug-likeness (QED) is 0.700. The zero-order chi connectivity index (χ0) is 11.5. The largest absolute Gasteiger partial charge is 0.360 e. The molecular formula is C9H11ClN4O2. The molecule has 1 aromatic rings. The van der Waals surface area contributed by atoms with Crippen LogP contribution in [0.4, 0.5) is 5.82 Å². The highest BCUT2D eigenvalue weighted by atomic mass is 35.5. The van der Waals surface area contributed by atoms with Gasteiger partial charge in [0.25, 0.3) is 5.56 Å². The summed E-state index contributed by atoms with van der Waals surface area (Å²) in [5.74, 6) is 0.0945. The van der Waals surface area contributed by atoms with E-state index in [1.54, 1.807) is 0 Å². The maximum atomic E-state index is 11.3. The molecule has 0 aliphatic heterocycles. The summed E-state index contributed by atoms with van der Waals surface area (Å²) >= 11 is 5.69. The van der Waals surface area contributed by atoms with Gasteiger partial charge in [-0.2, -0.15) is 0 Å². The van der Waals surface area contributed by atoms with Crippen LogP contribution in [0.2, 0.25) is 5.02 Å². The number of nitrogens with one attached hydrogen (secondary N) is 3. The second kappa shape index (κ2) is 4.52. The molecule has 86 valence electrons. The van der Waals surface area contributed by atoms with Gasteiger partial charge in [-0.3, -0.25) is 9.59 Å². The van der Waals surface area contributed by atoms with Gasteiger partial charge in [-0.1, -0.05) is 11.6 Å². The smallest absolute Gasteiger partial charge is 0.271 e. The van der Waals surface area contributed by atoms with Crippen molar-refractivity contribution in [3.05, 3.63) is 21.7 Å². The lowest BCUT2D eigenvalue weighted by Gasteiger charge is -2.06. The molecule has 16 heavy (non-hydrogen) atoms. The standard InChI is InChI=1S/C9H11ClN4O2/c10-7-8(12-4-13-9(7)16)11-3-6(15)14-5-1-2-5/h4-5H,1-3H2,(H,14,15)(H2,11,12,13,16). The van der Waals surface area contributed by atoms with Crippen LogP contribution in [0, 0.1) is 0 Å². The summed E-state index contributed by atoms with van der Waals surface area (Å²) in [5.41, 5.74) is -0.429. The van der Waals surface area contributed by atoms with Crippen LogP contribution in [0.25, 0.3) is 0 Å². The third-order valence-corrected chi connectivity index (χ3v) is 2.51. The van der Waals surface area contributed by atoms with E-state index in [0.717, 1.165) is 12.8 Å². The summed E-state index contributed by atoms with van der Waals surface area (Å²) in [4.78, 5) is 28.6. The van der Waals surface area contributed by atoms with Gasteiger partial charge in [-0.05, 0) is 12.8 Å². The number of aromatic nitrogens is 2. The van der Waals surface area contributed by atoms with Crippen LogP contribution in [0.3, 0.4) is 0 Å². The van der Waals surface area contributed by atoms with Gasteiger partial charge >= 0.3 is 0 Å². The van der Waals surface area contributed by atoms with Gasteiger partial charge in [0.05, 0.1) is 12.9 Å². The van der Waals surface area contributed by atoms with Crippen LogP contribution >= 0.6 is 11.6 Å². The van der Waals surface area contributed by atoms with E-state index in [2.05, 4.69) is 20.6 Å². The summed E-state index contributed by atoms with van der Waals surface area (Å²) in [7, 11) is 0. The molecule has 0 saturated heterocycles. The number of amides is 1. The average molecular weight is 243 g/mol. The zero-order valence-corrected chi connectivity index (χ0v) is 9.17. The molecule has 6 nitrogen and oxygen atoms in total. The molecule has 0 aromatic carbocycles. The van der Waals surface area contributed by atoms with Gasteiger partial charge in [-0.15, -0.1) is 0 Å². The summed E-state index contributed by atoms with van der Waals surface area (Å²) in [5, 5.41) is 5.47. The number of carbonyl (C=O) groups is 1. The van der Waals surface area contributed by atoms with Crippen molar-refractivity contribution in [2.45, 2.75) is 18.9 Å². The van der Waals surface area contributed by atoms with E-state index in [4.69, 9.17) is 11.6 Å². The molecule has 7 heteroatoms. The first-order valence-electron chi connectivity index (χ1n) is 4.93. The number of aromatic amines is 1. The van der Waals surface area contributed by atoms with Crippen molar-refractivity contribution in [2.24, 2.45) is 0 Å². The molecule has 3 N–H and O–H groups in total. The second-order valence-corrected chi connectivity index (χ2v) is 3.97. The van der Waals surface area contributed by atoms with Gasteiger partial charge < -0.3 is 15.6 Å². The highest BCUT2D eigenvalue weighted by Gasteiger charge is 2.23. The molecule has 0 bridgehead atoms. The van der Waals surface area contributed by atoms with Crippen molar-refractivity contribution in [1.82, 2.24) is 15.3 Å². The Balaban J connectivity index is 1.90. The summed E-state index contributed by atoms with van der Waals surface area (Å²) < 4.78 is 0. The van der Waals surface area contributed by atoms with Gasteiger partial charge in [0.2, 0.25) is 5.91 Å². The van der Waals surface area contributed by atoms with E-state index < -0.39 is 5.56 Å². The molecule has 0 atom stereocenters. The first-order valence-corrected chi connectivity index (χ1v) is 5.31. The van der Waals surface area contributed by atoms with Gasteiger partial charge in [0.15, 0.2) is 5.82 Å². The molecule has 2 rings (SSSR count). The zero-order valence-electron chi connectivity index (χ0n) is 8.42. The van der Waals surface area contributed by atoms with Crippen molar-refractivity contribution in [3.63, 3.8) is 0 Å². The lowest BCUT2D eigenvalue weighted by molar-refractivity contribution is -0.119. The van der Waals surface area contributed by atoms with E-state index in [-0.39, 0.29) is 23.3 Å². The van der Waals surface area contributed by atoms with E-state index in [0.29, 0.717) is 6.04 Å². The van der Waals surface area contributed by atoms with Crippen molar-refractivity contribution in [3.8, 4) is 0 Å².